The summed E-state index contributed by atoms with van der Waals surface area (Å²) in [7, 11) is 0. The number of hydrogen-bond acceptors (Lipinski definition) is 4. The molecule has 6 nitrogen and oxygen atoms in total. The normalized spacial score (nSPS) is 15.2. The van der Waals surface area contributed by atoms with Crippen LogP contribution in [0.25, 0.3) is 0 Å². The topological polar surface area (TPSA) is 70.7 Å². The molecular weight excluding hydrogens is 303 g/mol. The highest BCUT2D eigenvalue weighted by Crippen LogP contribution is 2.23. The first kappa shape index (κ1) is 15.9. The zero-order valence-corrected chi connectivity index (χ0v) is 11.4. The van der Waals surface area contributed by atoms with Crippen molar-refractivity contribution >= 4 is 17.5 Å². The highest BCUT2D eigenvalue weighted by Gasteiger charge is 2.31. The molecule has 1 aliphatic heterocycles. The molecule has 2 rings (SSSR count). The highest BCUT2D eigenvalue weighted by molar-refractivity contribution is 5.87. The third kappa shape index (κ3) is 4.83. The number of hydrogen-bond donors (Lipinski definition) is 2. The van der Waals surface area contributed by atoms with Crippen molar-refractivity contribution in [3.63, 3.8) is 0 Å². The summed E-state index contributed by atoms with van der Waals surface area (Å²) < 4.78 is 39.8. The van der Waals surface area contributed by atoms with E-state index in [0.29, 0.717) is 18.8 Å². The maximum atomic E-state index is 12.0. The fourth-order valence-corrected chi connectivity index (χ4v) is 1.92. The van der Waals surface area contributed by atoms with Crippen molar-refractivity contribution in [3.8, 4) is 5.75 Å². The van der Waals surface area contributed by atoms with Gasteiger partial charge in [0.2, 0.25) is 11.8 Å². The van der Waals surface area contributed by atoms with Crippen LogP contribution in [0.5, 0.6) is 5.75 Å². The van der Waals surface area contributed by atoms with E-state index in [-0.39, 0.29) is 30.7 Å². The lowest BCUT2D eigenvalue weighted by molar-refractivity contribution is -0.274. The van der Waals surface area contributed by atoms with Gasteiger partial charge in [-0.25, -0.2) is 0 Å². The molecule has 0 spiro atoms. The second-order valence-electron chi connectivity index (χ2n) is 4.59. The van der Waals surface area contributed by atoms with E-state index >= 15 is 0 Å². The molecule has 0 unspecified atom stereocenters. The number of halogens is 3. The Balaban J connectivity index is 1.83. The largest absolute Gasteiger partial charge is 0.573 e. The van der Waals surface area contributed by atoms with E-state index in [1.54, 1.807) is 0 Å². The summed E-state index contributed by atoms with van der Waals surface area (Å²) in [6.07, 6.45) is -4.74. The summed E-state index contributed by atoms with van der Waals surface area (Å²) in [5.41, 5.74) is 0.476. The Morgan fingerprint density at radius 2 is 2.00 bits per heavy atom. The number of alkyl halides is 3. The summed E-state index contributed by atoms with van der Waals surface area (Å²) in [6, 6.07) is 5.04. The summed E-state index contributed by atoms with van der Waals surface area (Å²) in [4.78, 5) is 24.5. The van der Waals surface area contributed by atoms with Crippen LogP contribution in [0.15, 0.2) is 24.3 Å². The molecular formula is C13H14F3N3O3. The first-order valence-corrected chi connectivity index (χ1v) is 6.48. The van der Waals surface area contributed by atoms with Crippen LogP contribution in [0.4, 0.5) is 18.9 Å². The van der Waals surface area contributed by atoms with Gasteiger partial charge in [-0.15, -0.1) is 13.2 Å². The standard InChI is InChI=1S/C13H14F3N3O3/c14-13(15,16)22-10-3-1-9(2-4-10)18-7-12(21)19-6-5-17-11(20)8-19/h1-4,18H,5-8H2,(H,17,20). The third-order valence-electron chi connectivity index (χ3n) is 2.92. The van der Waals surface area contributed by atoms with Crippen molar-refractivity contribution in [3.05, 3.63) is 24.3 Å². The molecule has 1 aromatic rings. The number of carbonyl (C=O) groups excluding carboxylic acids is 2. The number of nitrogens with zero attached hydrogens (tertiary/aromatic N) is 1. The second-order valence-corrected chi connectivity index (χ2v) is 4.59. The Morgan fingerprint density at radius 1 is 1.32 bits per heavy atom. The molecule has 22 heavy (non-hydrogen) atoms. The minimum atomic E-state index is -4.74. The number of carbonyl (C=O) groups is 2. The Labute approximate surface area is 124 Å². The van der Waals surface area contributed by atoms with Gasteiger partial charge in [0.25, 0.3) is 0 Å². The average molecular weight is 317 g/mol. The SMILES string of the molecule is O=C1CN(C(=O)CNc2ccc(OC(F)(F)F)cc2)CCN1. The van der Waals surface area contributed by atoms with Gasteiger partial charge in [-0.05, 0) is 24.3 Å². The number of amides is 2. The monoisotopic (exact) mass is 317 g/mol. The predicted molar refractivity (Wildman–Crippen MR) is 71.2 cm³/mol. The fourth-order valence-electron chi connectivity index (χ4n) is 1.92. The zero-order chi connectivity index (χ0) is 16.2. The maximum absolute atomic E-state index is 12.0. The highest BCUT2D eigenvalue weighted by atomic mass is 19.4. The first-order valence-electron chi connectivity index (χ1n) is 6.48. The van der Waals surface area contributed by atoms with Gasteiger partial charge in [-0.1, -0.05) is 0 Å². The van der Waals surface area contributed by atoms with Gasteiger partial charge in [0.05, 0.1) is 13.1 Å². The fraction of sp³-hybridized carbons (Fsp3) is 0.385. The Hall–Kier alpha value is -2.45. The van der Waals surface area contributed by atoms with E-state index in [4.69, 9.17) is 0 Å². The molecule has 120 valence electrons. The summed E-state index contributed by atoms with van der Waals surface area (Å²) in [6.45, 7) is 0.810. The third-order valence-corrected chi connectivity index (χ3v) is 2.92. The molecule has 0 atom stereocenters. The molecule has 1 heterocycles. The molecule has 0 bridgehead atoms. The lowest BCUT2D eigenvalue weighted by atomic mass is 10.3. The van der Waals surface area contributed by atoms with E-state index in [2.05, 4.69) is 15.4 Å². The maximum Gasteiger partial charge on any atom is 0.573 e. The molecule has 1 aromatic carbocycles. The van der Waals surface area contributed by atoms with E-state index < -0.39 is 6.36 Å². The zero-order valence-electron chi connectivity index (χ0n) is 11.4. The smallest absolute Gasteiger partial charge is 0.406 e. The number of piperazine rings is 1. The van der Waals surface area contributed by atoms with Crippen molar-refractivity contribution in [2.75, 3.05) is 31.5 Å². The van der Waals surface area contributed by atoms with Crippen molar-refractivity contribution < 1.29 is 27.5 Å². The number of rotatable bonds is 4. The minimum absolute atomic E-state index is 0.0128. The molecule has 1 saturated heterocycles. The summed E-state index contributed by atoms with van der Waals surface area (Å²) in [5.74, 6) is -0.809. The molecule has 0 aromatic heterocycles. The van der Waals surface area contributed by atoms with Crippen LogP contribution < -0.4 is 15.4 Å². The van der Waals surface area contributed by atoms with Gasteiger partial charge in [0.15, 0.2) is 0 Å². The molecule has 0 saturated carbocycles. The molecule has 0 aliphatic carbocycles. The molecule has 1 fully saturated rings. The quantitative estimate of drug-likeness (QED) is 0.868. The van der Waals surface area contributed by atoms with Gasteiger partial charge < -0.3 is 20.3 Å². The van der Waals surface area contributed by atoms with Gasteiger partial charge in [-0.2, -0.15) is 0 Å². The molecule has 0 radical (unpaired) electrons. The van der Waals surface area contributed by atoms with Crippen LogP contribution in [-0.4, -0.2) is 49.3 Å². The summed E-state index contributed by atoms with van der Waals surface area (Å²) >= 11 is 0. The number of nitrogens with one attached hydrogen (secondary N) is 2. The van der Waals surface area contributed by atoms with Crippen LogP contribution in [0, 0.1) is 0 Å². The molecule has 2 amide bonds. The van der Waals surface area contributed by atoms with Crippen LogP contribution in [0.3, 0.4) is 0 Å². The number of benzene rings is 1. The van der Waals surface area contributed by atoms with E-state index in [1.165, 1.54) is 17.0 Å². The van der Waals surface area contributed by atoms with Crippen molar-refractivity contribution in [2.45, 2.75) is 6.36 Å². The second kappa shape index (κ2) is 6.54. The van der Waals surface area contributed by atoms with E-state index in [0.717, 1.165) is 12.1 Å². The van der Waals surface area contributed by atoms with Crippen LogP contribution >= 0.6 is 0 Å². The van der Waals surface area contributed by atoms with E-state index in [1.807, 2.05) is 0 Å². The Morgan fingerprint density at radius 3 is 2.59 bits per heavy atom. The number of ether oxygens (including phenoxy) is 1. The van der Waals surface area contributed by atoms with Gasteiger partial charge >= 0.3 is 6.36 Å². The molecule has 1 aliphatic rings. The van der Waals surface area contributed by atoms with Crippen molar-refractivity contribution in [1.82, 2.24) is 10.2 Å². The lowest BCUT2D eigenvalue weighted by Crippen LogP contribution is -2.51. The Bertz CT molecular complexity index is 546. The number of anilines is 1. The predicted octanol–water partition coefficient (Wildman–Crippen LogP) is 0.955. The van der Waals surface area contributed by atoms with Crippen molar-refractivity contribution in [2.24, 2.45) is 0 Å². The van der Waals surface area contributed by atoms with Gasteiger partial charge in [-0.3, -0.25) is 9.59 Å². The molecule has 9 heteroatoms. The lowest BCUT2D eigenvalue weighted by Gasteiger charge is -2.26. The van der Waals surface area contributed by atoms with Crippen molar-refractivity contribution in [1.29, 1.82) is 0 Å². The summed E-state index contributed by atoms with van der Waals surface area (Å²) in [5, 5.41) is 5.39. The van der Waals surface area contributed by atoms with Crippen LogP contribution in [-0.2, 0) is 9.59 Å². The average Bonchev–Trinajstić information content (AvgIpc) is 2.44. The van der Waals surface area contributed by atoms with Crippen LogP contribution in [0.2, 0.25) is 0 Å². The minimum Gasteiger partial charge on any atom is -0.406 e. The van der Waals surface area contributed by atoms with E-state index in [9.17, 15) is 22.8 Å². The van der Waals surface area contributed by atoms with Crippen LogP contribution in [0.1, 0.15) is 0 Å². The first-order chi connectivity index (χ1) is 10.3. The molecule has 2 N–H and O–H groups in total. The van der Waals surface area contributed by atoms with Gasteiger partial charge in [0, 0.05) is 18.8 Å². The Kier molecular flexibility index (Phi) is 4.74. The van der Waals surface area contributed by atoms with Gasteiger partial charge in [0.1, 0.15) is 5.75 Å².